The molecular weight excluding hydrogens is 295 g/mol. The summed E-state index contributed by atoms with van der Waals surface area (Å²) in [5, 5.41) is 21.2. The van der Waals surface area contributed by atoms with E-state index in [9.17, 15) is 24.5 Å². The minimum absolute atomic E-state index is 0.113. The van der Waals surface area contributed by atoms with Crippen LogP contribution in [-0.2, 0) is 15.8 Å². The molecule has 0 bridgehead atoms. The van der Waals surface area contributed by atoms with Gasteiger partial charge in [-0.15, -0.1) is 0 Å². The Kier molecular flexibility index (Phi) is 4.63. The zero-order valence-corrected chi connectivity index (χ0v) is 11.8. The Morgan fingerprint density at radius 2 is 1.90 bits per heavy atom. The van der Waals surface area contributed by atoms with Gasteiger partial charge in [-0.05, 0) is 17.7 Å². The van der Waals surface area contributed by atoms with Crippen molar-refractivity contribution in [3.05, 3.63) is 60.1 Å². The van der Waals surface area contributed by atoms with Crippen LogP contribution in [0, 0.1) is 0 Å². The molecule has 1 unspecified atom stereocenters. The van der Waals surface area contributed by atoms with E-state index in [0.717, 1.165) is 0 Å². The molecule has 1 N–H and O–H groups in total. The highest BCUT2D eigenvalue weighted by Crippen LogP contribution is 2.54. The SMILES string of the molecule is O=C([O-])[C@H](Cc1ccco1)P(=O)([O-])[C@H](O)c1ccccc1. The molecule has 0 aliphatic carbocycles. The predicted molar refractivity (Wildman–Crippen MR) is 70.2 cm³/mol. The Hall–Kier alpha value is -1.88. The highest BCUT2D eigenvalue weighted by atomic mass is 31.2. The van der Waals surface area contributed by atoms with Crippen LogP contribution in [0.2, 0.25) is 0 Å². The topological polar surface area (TPSA) is 114 Å². The van der Waals surface area contributed by atoms with Gasteiger partial charge in [-0.2, -0.15) is 0 Å². The van der Waals surface area contributed by atoms with Gasteiger partial charge in [-0.3, -0.25) is 0 Å². The molecule has 21 heavy (non-hydrogen) atoms. The number of hydrogen-bond acceptors (Lipinski definition) is 6. The lowest BCUT2D eigenvalue weighted by atomic mass is 10.2. The number of carboxylic acids is 1. The zero-order valence-electron chi connectivity index (χ0n) is 10.9. The van der Waals surface area contributed by atoms with E-state index in [1.54, 1.807) is 18.2 Å². The maximum atomic E-state index is 12.3. The molecule has 3 atom stereocenters. The highest BCUT2D eigenvalue weighted by molar-refractivity contribution is 7.58. The van der Waals surface area contributed by atoms with Gasteiger partial charge in [0.15, 0.2) is 0 Å². The summed E-state index contributed by atoms with van der Waals surface area (Å²) < 4.78 is 17.3. The third-order valence-electron chi connectivity index (χ3n) is 3.12. The number of aliphatic carboxylic acids is 1. The van der Waals surface area contributed by atoms with Crippen LogP contribution >= 0.6 is 7.37 Å². The van der Waals surface area contributed by atoms with Crippen LogP contribution in [0.1, 0.15) is 17.2 Å². The molecule has 1 heterocycles. The van der Waals surface area contributed by atoms with E-state index in [2.05, 4.69) is 0 Å². The van der Waals surface area contributed by atoms with E-state index in [1.807, 2.05) is 0 Å². The summed E-state index contributed by atoms with van der Waals surface area (Å²) in [4.78, 5) is 23.5. The third kappa shape index (κ3) is 3.42. The lowest BCUT2D eigenvalue weighted by Gasteiger charge is -2.36. The minimum atomic E-state index is -4.73. The maximum absolute atomic E-state index is 12.3. The van der Waals surface area contributed by atoms with Crippen molar-refractivity contribution in [2.24, 2.45) is 0 Å². The fourth-order valence-electron chi connectivity index (χ4n) is 1.98. The Labute approximate surface area is 121 Å². The summed E-state index contributed by atoms with van der Waals surface area (Å²) in [5.41, 5.74) is -1.75. The quantitative estimate of drug-likeness (QED) is 0.766. The van der Waals surface area contributed by atoms with E-state index in [-0.39, 0.29) is 17.7 Å². The van der Waals surface area contributed by atoms with Crippen molar-refractivity contribution in [2.45, 2.75) is 17.9 Å². The van der Waals surface area contributed by atoms with Gasteiger partial charge in [0.25, 0.3) is 0 Å². The number of carboxylic acid groups (broad SMARTS) is 1. The first kappa shape index (κ1) is 15.5. The number of rotatable bonds is 6. The lowest BCUT2D eigenvalue weighted by molar-refractivity contribution is -0.306. The van der Waals surface area contributed by atoms with Crippen molar-refractivity contribution in [3.63, 3.8) is 0 Å². The standard InChI is InChI=1S/C14H15O6P/c15-13(16)12(9-11-7-4-8-20-11)21(18,19)14(17)10-5-2-1-3-6-10/h1-8,12,14,17H,9H2,(H,15,16)(H,18,19)/p-2/t12-,14-/m0/s1. The van der Waals surface area contributed by atoms with Crippen molar-refractivity contribution in [1.82, 2.24) is 0 Å². The second-order valence-electron chi connectivity index (χ2n) is 4.55. The average molecular weight is 308 g/mol. The predicted octanol–water partition coefficient (Wildman–Crippen LogP) is 0.270. The smallest absolute Gasteiger partial charge is 0.120 e. The lowest BCUT2D eigenvalue weighted by Crippen LogP contribution is -2.40. The first-order valence-corrected chi connectivity index (χ1v) is 7.96. The first-order valence-electron chi connectivity index (χ1n) is 6.19. The van der Waals surface area contributed by atoms with E-state index >= 15 is 0 Å². The Morgan fingerprint density at radius 3 is 2.43 bits per heavy atom. The largest absolute Gasteiger partial charge is 0.797 e. The molecule has 0 aliphatic rings. The molecule has 0 aliphatic heterocycles. The van der Waals surface area contributed by atoms with Crippen LogP contribution in [0.5, 0.6) is 0 Å². The van der Waals surface area contributed by atoms with Crippen LogP contribution < -0.4 is 10.00 Å². The van der Waals surface area contributed by atoms with Crippen molar-refractivity contribution in [1.29, 1.82) is 0 Å². The van der Waals surface area contributed by atoms with Gasteiger partial charge in [0.1, 0.15) is 11.6 Å². The van der Waals surface area contributed by atoms with Crippen LogP contribution in [0.3, 0.4) is 0 Å². The molecular formula is C14H13O6P-2. The fraction of sp³-hybridized carbons (Fsp3) is 0.214. The van der Waals surface area contributed by atoms with Crippen molar-refractivity contribution >= 4 is 13.3 Å². The Bertz CT molecular complexity index is 637. The number of aliphatic hydroxyl groups is 1. The number of carbonyl (C=O) groups excluding carboxylic acids is 1. The van der Waals surface area contributed by atoms with Gasteiger partial charge in [0, 0.05) is 12.1 Å². The molecule has 1 aromatic carbocycles. The summed E-state index contributed by atoms with van der Waals surface area (Å²) in [6.45, 7) is 0. The average Bonchev–Trinajstić information content (AvgIpc) is 2.97. The Morgan fingerprint density at radius 1 is 1.24 bits per heavy atom. The van der Waals surface area contributed by atoms with Crippen LogP contribution in [0.15, 0.2) is 53.1 Å². The van der Waals surface area contributed by atoms with E-state index in [0.29, 0.717) is 0 Å². The van der Waals surface area contributed by atoms with Crippen LogP contribution in [0.4, 0.5) is 0 Å². The summed E-state index contributed by atoms with van der Waals surface area (Å²) in [6, 6.07) is 10.6. The highest BCUT2D eigenvalue weighted by Gasteiger charge is 2.32. The van der Waals surface area contributed by atoms with E-state index in [4.69, 9.17) is 4.42 Å². The maximum Gasteiger partial charge on any atom is 0.120 e. The second-order valence-corrected chi connectivity index (χ2v) is 6.95. The fourth-order valence-corrected chi connectivity index (χ4v) is 3.64. The van der Waals surface area contributed by atoms with Gasteiger partial charge < -0.3 is 28.9 Å². The molecule has 112 valence electrons. The molecule has 0 saturated heterocycles. The van der Waals surface area contributed by atoms with Crippen molar-refractivity contribution in [2.75, 3.05) is 0 Å². The molecule has 6 nitrogen and oxygen atoms in total. The van der Waals surface area contributed by atoms with Gasteiger partial charge in [0.2, 0.25) is 0 Å². The number of benzene rings is 1. The number of hydrogen-bond donors (Lipinski definition) is 1. The molecule has 0 saturated carbocycles. The van der Waals surface area contributed by atoms with E-state index < -0.39 is 24.8 Å². The monoisotopic (exact) mass is 308 g/mol. The minimum Gasteiger partial charge on any atom is -0.797 e. The summed E-state index contributed by atoms with van der Waals surface area (Å²) in [5.74, 6) is -3.48. The van der Waals surface area contributed by atoms with Crippen LogP contribution in [0.25, 0.3) is 0 Å². The van der Waals surface area contributed by atoms with Crippen molar-refractivity contribution in [3.8, 4) is 0 Å². The molecule has 0 fully saturated rings. The summed E-state index contributed by atoms with van der Waals surface area (Å²) >= 11 is 0. The third-order valence-corrected chi connectivity index (χ3v) is 5.36. The molecule has 0 amide bonds. The molecule has 2 aromatic rings. The molecule has 7 heteroatoms. The van der Waals surface area contributed by atoms with Gasteiger partial charge >= 0.3 is 0 Å². The zero-order chi connectivity index (χ0) is 15.5. The normalized spacial score (nSPS) is 16.9. The van der Waals surface area contributed by atoms with Crippen LogP contribution in [-0.4, -0.2) is 16.7 Å². The van der Waals surface area contributed by atoms with Gasteiger partial charge in [-0.25, -0.2) is 0 Å². The summed E-state index contributed by atoms with van der Waals surface area (Å²) in [7, 11) is -4.73. The Balaban J connectivity index is 2.29. The number of carbonyl (C=O) groups is 1. The van der Waals surface area contributed by atoms with Gasteiger partial charge in [0.05, 0.1) is 19.6 Å². The summed E-state index contributed by atoms with van der Waals surface area (Å²) in [6.07, 6.45) is 0.922. The molecule has 0 spiro atoms. The number of furan rings is 1. The molecule has 1 aromatic heterocycles. The van der Waals surface area contributed by atoms with Crippen molar-refractivity contribution < 1.29 is 28.9 Å². The molecule has 2 rings (SSSR count). The van der Waals surface area contributed by atoms with E-state index in [1.165, 1.54) is 30.5 Å². The second kappa shape index (κ2) is 6.26. The first-order chi connectivity index (χ1) is 9.93. The number of aliphatic hydroxyl groups excluding tert-OH is 1. The van der Waals surface area contributed by atoms with Gasteiger partial charge in [-0.1, -0.05) is 30.3 Å². The molecule has 0 radical (unpaired) electrons.